The molecule has 0 aliphatic heterocycles. The monoisotopic (exact) mass is 680 g/mol. The summed E-state index contributed by atoms with van der Waals surface area (Å²) in [4.78, 5) is 67.3. The minimum atomic E-state index is -0.995. The third kappa shape index (κ3) is 9.22. The molecule has 2 aromatic heterocycles. The van der Waals surface area contributed by atoms with E-state index in [0.717, 1.165) is 47.9 Å². The number of amides is 2. The van der Waals surface area contributed by atoms with Gasteiger partial charge in [0.1, 0.15) is 0 Å². The molecule has 1 aliphatic rings. The summed E-state index contributed by atoms with van der Waals surface area (Å²) in [5, 5.41) is 0. The molecule has 1 aliphatic carbocycles. The van der Waals surface area contributed by atoms with Crippen molar-refractivity contribution in [2.45, 2.75) is 0 Å². The van der Waals surface area contributed by atoms with Gasteiger partial charge in [0.2, 0.25) is 12.2 Å². The molecule has 4 aromatic rings. The number of aromatic nitrogens is 4. The zero-order valence-electron chi connectivity index (χ0n) is 21.8. The summed E-state index contributed by atoms with van der Waals surface area (Å²) in [6.07, 6.45) is 1.31. The first-order valence-electron chi connectivity index (χ1n) is 11.0. The van der Waals surface area contributed by atoms with Crippen LogP contribution in [0.4, 0.5) is 9.59 Å². The number of benzene rings is 2. The quantitative estimate of drug-likeness (QED) is 0.196. The first-order valence-corrected chi connectivity index (χ1v) is 13.0. The summed E-state index contributed by atoms with van der Waals surface area (Å²) < 4.78 is 7.56. The molecule has 5 rings (SSSR count). The number of aromatic amines is 2. The second-order valence-electron chi connectivity index (χ2n) is 7.58. The zero-order valence-corrected chi connectivity index (χ0v) is 26.6. The van der Waals surface area contributed by atoms with Crippen LogP contribution in [0.15, 0.2) is 48.8 Å². The molecule has 42 heavy (non-hydrogen) atoms. The topological polar surface area (TPSA) is 209 Å². The Morgan fingerprint density at radius 2 is 1.10 bits per heavy atom. The average molecular weight is 680 g/mol. The van der Waals surface area contributed by atoms with E-state index in [4.69, 9.17) is 11.5 Å². The van der Waals surface area contributed by atoms with Crippen LogP contribution in [0.2, 0.25) is 0 Å². The third-order valence-electron chi connectivity index (χ3n) is 5.30. The first-order chi connectivity index (χ1) is 19.2. The van der Waals surface area contributed by atoms with Crippen LogP contribution in [-0.4, -0.2) is 64.2 Å². The summed E-state index contributed by atoms with van der Waals surface area (Å²) in [5.74, 6) is -0.0469. The van der Waals surface area contributed by atoms with Crippen molar-refractivity contribution in [2.24, 2.45) is 0 Å². The maximum Gasteiger partial charge on any atom is 2.00 e. The molecule has 13 nitrogen and oxygen atoms in total. The molecule has 2 atom stereocenters. The molecular weight excluding hydrogens is 660 g/mol. The number of rotatable bonds is 6. The number of carbonyl (C=O) groups is 3. The first kappa shape index (κ1) is 36.5. The SMILES string of the molecule is COC([NH-])=O.COC([NH-])=O.O=[C-]Pc1ncc(-c2ccc3c(c2)C(=O)c2cc(-c4cnc(P[C-]=O)[nH]4)ccc2-3)[nH]1.[V+2].[V+2]. The Hall–Kier alpha value is -3.56. The van der Waals surface area contributed by atoms with Crippen molar-refractivity contribution in [3.63, 3.8) is 0 Å². The van der Waals surface area contributed by atoms with Gasteiger partial charge in [-0.3, -0.25) is 14.4 Å². The van der Waals surface area contributed by atoms with Gasteiger partial charge >= 0.3 is 37.1 Å². The number of ether oxygens (including phenoxy) is 2. The van der Waals surface area contributed by atoms with Gasteiger partial charge in [0.15, 0.2) is 5.78 Å². The number of nitrogens with one attached hydrogen (secondary N) is 4. The summed E-state index contributed by atoms with van der Waals surface area (Å²) in [6, 6.07) is 15.1. The standard InChI is InChI=1S/C21H12N4O3P2.2C2H5NO2.2V/c26-9-29-20-22-7-17(24-20)11-1-3-13-14-4-2-12(6-16(14)19(28)15(13)5-11)18-8-23-21(25-18)30-10-27;2*1-5-2(3)4;;/h1-8,29-30H,(H,22,24)(H,23,25);2*1H3,(H2,3,4);;/q-2;;;2*+2/p-2. The van der Waals surface area contributed by atoms with Crippen molar-refractivity contribution in [1.82, 2.24) is 19.9 Å². The van der Waals surface area contributed by atoms with Crippen LogP contribution in [0.25, 0.3) is 45.1 Å². The van der Waals surface area contributed by atoms with Crippen molar-refractivity contribution >= 4 is 58.3 Å². The van der Waals surface area contributed by atoms with Crippen molar-refractivity contribution in [2.75, 3.05) is 14.2 Å². The number of hydrogen-bond donors (Lipinski definition) is 2. The Balaban J connectivity index is 0.000000640. The predicted molar refractivity (Wildman–Crippen MR) is 151 cm³/mol. The maximum atomic E-state index is 13.1. The summed E-state index contributed by atoms with van der Waals surface area (Å²) >= 11 is 0. The predicted octanol–water partition coefficient (Wildman–Crippen LogP) is 4.03. The molecule has 2 heterocycles. The Morgan fingerprint density at radius 3 is 1.40 bits per heavy atom. The molecule has 4 N–H and O–H groups in total. The van der Waals surface area contributed by atoms with Crippen molar-refractivity contribution in [3.05, 3.63) is 71.4 Å². The number of hydrogen-bond acceptors (Lipinski definition) is 9. The molecule has 0 fully saturated rings. The Bertz CT molecular complexity index is 1460. The number of fused-ring (bicyclic) bond motifs is 3. The summed E-state index contributed by atoms with van der Waals surface area (Å²) in [7, 11) is 2.02. The second-order valence-corrected chi connectivity index (χ2v) is 9.43. The minimum Gasteiger partial charge on any atom is -0.632 e. The molecule has 0 saturated heterocycles. The van der Waals surface area contributed by atoms with Crippen LogP contribution >= 0.6 is 17.2 Å². The molecule has 0 saturated carbocycles. The number of nitrogens with zero attached hydrogens (tertiary/aromatic N) is 2. The molecule has 2 unspecified atom stereocenters. The number of ketones is 1. The fourth-order valence-electron chi connectivity index (χ4n) is 3.57. The van der Waals surface area contributed by atoms with Gasteiger partial charge in [0.25, 0.3) is 0 Å². The Morgan fingerprint density at radius 1 is 0.738 bits per heavy atom. The molecule has 2 radical (unpaired) electrons. The molecular formula is C25H20N6O7P2V2. The maximum absolute atomic E-state index is 13.1. The van der Waals surface area contributed by atoms with Gasteiger partial charge in [0.05, 0.1) is 49.1 Å². The van der Waals surface area contributed by atoms with Gasteiger partial charge in [0, 0.05) is 22.3 Å². The van der Waals surface area contributed by atoms with E-state index in [1.54, 1.807) is 12.4 Å². The molecule has 2 amide bonds. The molecule has 17 heteroatoms. The molecule has 0 bridgehead atoms. The van der Waals surface area contributed by atoms with Crippen LogP contribution in [0.3, 0.4) is 0 Å². The molecule has 2 aromatic carbocycles. The Labute approximate surface area is 267 Å². The fraction of sp³-hybridized carbons (Fsp3) is 0.0800. The van der Waals surface area contributed by atoms with E-state index in [2.05, 4.69) is 29.4 Å². The van der Waals surface area contributed by atoms with E-state index in [1.807, 2.05) is 48.5 Å². The van der Waals surface area contributed by atoms with E-state index < -0.39 is 12.2 Å². The normalized spacial score (nSPS) is 10.7. The van der Waals surface area contributed by atoms with Crippen molar-refractivity contribution in [1.29, 1.82) is 0 Å². The number of imidazole rings is 2. The number of H-pyrrole nitrogens is 2. The second kappa shape index (κ2) is 17.4. The van der Waals surface area contributed by atoms with Gasteiger partial charge in [-0.1, -0.05) is 24.3 Å². The smallest absolute Gasteiger partial charge is 0.632 e. The van der Waals surface area contributed by atoms with E-state index in [9.17, 15) is 24.0 Å². The van der Waals surface area contributed by atoms with Crippen LogP contribution < -0.4 is 11.1 Å². The number of methoxy groups -OCH3 is 2. The zero-order chi connectivity index (χ0) is 29.2. The van der Waals surface area contributed by atoms with Crippen molar-refractivity contribution in [3.8, 4) is 33.6 Å². The van der Waals surface area contributed by atoms with E-state index in [1.165, 1.54) is 0 Å². The summed E-state index contributed by atoms with van der Waals surface area (Å²) in [6.45, 7) is 0. The van der Waals surface area contributed by atoms with Crippen LogP contribution in [0.1, 0.15) is 15.9 Å². The van der Waals surface area contributed by atoms with Gasteiger partial charge in [-0.2, -0.15) is 17.2 Å². The third-order valence-corrected chi connectivity index (χ3v) is 6.49. The van der Waals surface area contributed by atoms with Gasteiger partial charge in [-0.15, -0.1) is 0 Å². The molecule has 212 valence electrons. The molecule has 0 spiro atoms. The largest absolute Gasteiger partial charge is 2.00 e. The van der Waals surface area contributed by atoms with Crippen LogP contribution in [-0.2, 0) is 56.2 Å². The van der Waals surface area contributed by atoms with Crippen LogP contribution in [0.5, 0.6) is 0 Å². The van der Waals surface area contributed by atoms with E-state index in [0.29, 0.717) is 22.3 Å². The van der Waals surface area contributed by atoms with E-state index in [-0.39, 0.29) is 60.1 Å². The van der Waals surface area contributed by atoms with Gasteiger partial charge < -0.3 is 40.5 Å². The Kier molecular flexibility index (Phi) is 15.1. The fourth-order valence-corrected chi connectivity index (χ4v) is 4.42. The number of carbonyl (C=O) groups excluding carboxylic acids is 5. The van der Waals surface area contributed by atoms with Gasteiger partial charge in [-0.05, 0) is 23.3 Å². The average Bonchev–Trinajstić information content (AvgIpc) is 3.68. The van der Waals surface area contributed by atoms with Crippen LogP contribution in [0, 0.1) is 0 Å². The van der Waals surface area contributed by atoms with Gasteiger partial charge in [-0.25, -0.2) is 22.0 Å². The summed E-state index contributed by atoms with van der Waals surface area (Å²) in [5.41, 5.74) is 19.2. The minimum absolute atomic E-state index is 0. The van der Waals surface area contributed by atoms with E-state index >= 15 is 0 Å². The van der Waals surface area contributed by atoms with Crippen molar-refractivity contribution < 1.29 is 70.6 Å².